The standard InChI is InChI=1S/C19H24FN3O.HI/c1-14-7-8-18(24-3)16(11-14)9-10-22-19(21-2)23-13-15-5-4-6-17(20)12-15;/h4-8,11-12H,9-10,13H2,1-3H3,(H2,21,22,23);1H. The molecule has 136 valence electrons. The second kappa shape index (κ2) is 10.9. The summed E-state index contributed by atoms with van der Waals surface area (Å²) in [7, 11) is 3.40. The first-order chi connectivity index (χ1) is 11.6. The molecule has 0 saturated heterocycles. The van der Waals surface area contributed by atoms with Crippen LogP contribution >= 0.6 is 24.0 Å². The number of halogens is 2. The van der Waals surface area contributed by atoms with Gasteiger partial charge in [-0.1, -0.05) is 29.8 Å². The van der Waals surface area contributed by atoms with E-state index < -0.39 is 0 Å². The quantitative estimate of drug-likeness (QED) is 0.396. The zero-order chi connectivity index (χ0) is 17.4. The average Bonchev–Trinajstić information content (AvgIpc) is 2.58. The van der Waals surface area contributed by atoms with Crippen LogP contribution in [0, 0.1) is 12.7 Å². The number of ether oxygens (including phenoxy) is 1. The minimum absolute atomic E-state index is 0. The first kappa shape index (κ1) is 21.2. The molecule has 0 bridgehead atoms. The molecule has 2 aromatic rings. The van der Waals surface area contributed by atoms with Crippen molar-refractivity contribution in [2.75, 3.05) is 20.7 Å². The summed E-state index contributed by atoms with van der Waals surface area (Å²) in [6, 6.07) is 12.7. The molecule has 0 atom stereocenters. The summed E-state index contributed by atoms with van der Waals surface area (Å²) in [5.41, 5.74) is 3.24. The molecule has 2 N–H and O–H groups in total. The maximum atomic E-state index is 13.2. The van der Waals surface area contributed by atoms with Gasteiger partial charge in [0.2, 0.25) is 0 Å². The molecule has 2 aromatic carbocycles. The second-order valence-corrected chi connectivity index (χ2v) is 5.55. The number of methoxy groups -OCH3 is 1. The van der Waals surface area contributed by atoms with Crippen LogP contribution in [0.25, 0.3) is 0 Å². The summed E-state index contributed by atoms with van der Waals surface area (Å²) in [5, 5.41) is 6.44. The van der Waals surface area contributed by atoms with Crippen molar-refractivity contribution < 1.29 is 9.13 Å². The Balaban J connectivity index is 0.00000312. The van der Waals surface area contributed by atoms with E-state index in [0.717, 1.165) is 29.8 Å². The summed E-state index contributed by atoms with van der Waals surface area (Å²) in [4.78, 5) is 4.19. The summed E-state index contributed by atoms with van der Waals surface area (Å²) < 4.78 is 18.6. The van der Waals surface area contributed by atoms with Gasteiger partial charge in [-0.05, 0) is 42.7 Å². The van der Waals surface area contributed by atoms with E-state index in [-0.39, 0.29) is 29.8 Å². The summed E-state index contributed by atoms with van der Waals surface area (Å²) in [6.07, 6.45) is 0.825. The summed E-state index contributed by atoms with van der Waals surface area (Å²) in [5.74, 6) is 1.35. The first-order valence-corrected chi connectivity index (χ1v) is 7.95. The van der Waals surface area contributed by atoms with Crippen molar-refractivity contribution in [2.24, 2.45) is 4.99 Å². The fourth-order valence-corrected chi connectivity index (χ4v) is 2.47. The van der Waals surface area contributed by atoms with Gasteiger partial charge in [-0.2, -0.15) is 0 Å². The van der Waals surface area contributed by atoms with Gasteiger partial charge in [-0.3, -0.25) is 4.99 Å². The number of aryl methyl sites for hydroxylation is 1. The molecule has 0 radical (unpaired) electrons. The van der Waals surface area contributed by atoms with Gasteiger partial charge in [-0.25, -0.2) is 4.39 Å². The number of nitrogens with one attached hydrogen (secondary N) is 2. The Bertz CT molecular complexity index is 707. The summed E-state index contributed by atoms with van der Waals surface area (Å²) >= 11 is 0. The molecule has 0 amide bonds. The van der Waals surface area contributed by atoms with Crippen LogP contribution in [0.3, 0.4) is 0 Å². The molecule has 0 unspecified atom stereocenters. The van der Waals surface area contributed by atoms with Gasteiger partial charge in [0, 0.05) is 20.1 Å². The number of nitrogens with zero attached hydrogens (tertiary/aromatic N) is 1. The first-order valence-electron chi connectivity index (χ1n) is 7.95. The molecule has 0 aliphatic heterocycles. The molecule has 0 aliphatic carbocycles. The zero-order valence-electron chi connectivity index (χ0n) is 14.8. The molecular weight excluding hydrogens is 432 g/mol. The topological polar surface area (TPSA) is 45.7 Å². The highest BCUT2D eigenvalue weighted by atomic mass is 127. The maximum absolute atomic E-state index is 13.2. The predicted octanol–water partition coefficient (Wildman–Crippen LogP) is 3.67. The van der Waals surface area contributed by atoms with Crippen LogP contribution in [0.2, 0.25) is 0 Å². The van der Waals surface area contributed by atoms with Crippen molar-refractivity contribution in [1.82, 2.24) is 10.6 Å². The lowest BCUT2D eigenvalue weighted by molar-refractivity contribution is 0.409. The van der Waals surface area contributed by atoms with E-state index in [1.807, 2.05) is 18.2 Å². The number of hydrogen-bond acceptors (Lipinski definition) is 2. The lowest BCUT2D eigenvalue weighted by atomic mass is 10.1. The Morgan fingerprint density at radius 3 is 2.64 bits per heavy atom. The second-order valence-electron chi connectivity index (χ2n) is 5.55. The van der Waals surface area contributed by atoms with Crippen molar-refractivity contribution in [1.29, 1.82) is 0 Å². The van der Waals surface area contributed by atoms with Crippen LogP contribution in [-0.4, -0.2) is 26.7 Å². The van der Waals surface area contributed by atoms with Crippen LogP contribution in [-0.2, 0) is 13.0 Å². The number of rotatable bonds is 6. The third kappa shape index (κ3) is 6.89. The molecular formula is C19H25FIN3O. The smallest absolute Gasteiger partial charge is 0.191 e. The number of hydrogen-bond donors (Lipinski definition) is 2. The zero-order valence-corrected chi connectivity index (χ0v) is 17.1. The van der Waals surface area contributed by atoms with E-state index in [2.05, 4.69) is 28.6 Å². The van der Waals surface area contributed by atoms with Crippen molar-refractivity contribution in [3.05, 3.63) is 65.0 Å². The van der Waals surface area contributed by atoms with E-state index in [9.17, 15) is 4.39 Å². The minimum atomic E-state index is -0.233. The van der Waals surface area contributed by atoms with Gasteiger partial charge in [0.25, 0.3) is 0 Å². The number of aliphatic imine (C=N–C) groups is 1. The van der Waals surface area contributed by atoms with E-state index in [1.165, 1.54) is 17.7 Å². The largest absolute Gasteiger partial charge is 0.496 e. The maximum Gasteiger partial charge on any atom is 0.191 e. The molecule has 0 heterocycles. The molecule has 0 aliphatic rings. The van der Waals surface area contributed by atoms with E-state index in [0.29, 0.717) is 12.5 Å². The van der Waals surface area contributed by atoms with Crippen molar-refractivity contribution in [3.63, 3.8) is 0 Å². The van der Waals surface area contributed by atoms with Crippen LogP contribution in [0.4, 0.5) is 4.39 Å². The van der Waals surface area contributed by atoms with Gasteiger partial charge in [-0.15, -0.1) is 24.0 Å². The lowest BCUT2D eigenvalue weighted by Gasteiger charge is -2.13. The summed E-state index contributed by atoms with van der Waals surface area (Å²) in [6.45, 7) is 3.31. The van der Waals surface area contributed by atoms with Gasteiger partial charge in [0.15, 0.2) is 5.96 Å². The Kier molecular flexibility index (Phi) is 9.26. The molecule has 0 aromatic heterocycles. The number of guanidine groups is 1. The highest BCUT2D eigenvalue weighted by molar-refractivity contribution is 14.0. The van der Waals surface area contributed by atoms with E-state index in [4.69, 9.17) is 4.74 Å². The molecule has 2 rings (SSSR count). The molecule has 4 nitrogen and oxygen atoms in total. The van der Waals surface area contributed by atoms with Gasteiger partial charge < -0.3 is 15.4 Å². The minimum Gasteiger partial charge on any atom is -0.496 e. The van der Waals surface area contributed by atoms with Crippen LogP contribution < -0.4 is 15.4 Å². The van der Waals surface area contributed by atoms with Gasteiger partial charge >= 0.3 is 0 Å². The highest BCUT2D eigenvalue weighted by Gasteiger charge is 2.04. The van der Waals surface area contributed by atoms with Crippen LogP contribution in [0.5, 0.6) is 5.75 Å². The van der Waals surface area contributed by atoms with Crippen LogP contribution in [0.1, 0.15) is 16.7 Å². The van der Waals surface area contributed by atoms with E-state index in [1.54, 1.807) is 20.2 Å². The van der Waals surface area contributed by atoms with Crippen LogP contribution in [0.15, 0.2) is 47.5 Å². The van der Waals surface area contributed by atoms with Crippen molar-refractivity contribution in [3.8, 4) is 5.75 Å². The normalized spacial score (nSPS) is 10.8. The Morgan fingerprint density at radius 1 is 1.16 bits per heavy atom. The number of benzene rings is 2. The molecule has 0 saturated carbocycles. The highest BCUT2D eigenvalue weighted by Crippen LogP contribution is 2.19. The molecule has 25 heavy (non-hydrogen) atoms. The third-order valence-corrected chi connectivity index (χ3v) is 3.70. The Hall–Kier alpha value is -1.83. The predicted molar refractivity (Wildman–Crippen MR) is 111 cm³/mol. The Labute approximate surface area is 165 Å². The van der Waals surface area contributed by atoms with Gasteiger partial charge in [0.05, 0.1) is 7.11 Å². The van der Waals surface area contributed by atoms with Gasteiger partial charge in [0.1, 0.15) is 11.6 Å². The monoisotopic (exact) mass is 457 g/mol. The SMILES string of the molecule is CN=C(NCCc1cc(C)ccc1OC)NCc1cccc(F)c1.I. The molecule has 6 heteroatoms. The average molecular weight is 457 g/mol. The Morgan fingerprint density at radius 2 is 1.96 bits per heavy atom. The molecule has 0 spiro atoms. The fourth-order valence-electron chi connectivity index (χ4n) is 2.47. The third-order valence-electron chi connectivity index (χ3n) is 3.70. The van der Waals surface area contributed by atoms with Crippen molar-refractivity contribution in [2.45, 2.75) is 19.9 Å². The van der Waals surface area contributed by atoms with Crippen molar-refractivity contribution >= 4 is 29.9 Å². The fraction of sp³-hybridized carbons (Fsp3) is 0.316. The molecule has 0 fully saturated rings. The lowest BCUT2D eigenvalue weighted by Crippen LogP contribution is -2.37. The van der Waals surface area contributed by atoms with E-state index >= 15 is 0 Å².